The lowest BCUT2D eigenvalue weighted by atomic mass is 10.3. The fourth-order valence-electron chi connectivity index (χ4n) is 1.59. The second-order valence-corrected chi connectivity index (χ2v) is 3.86. The molecule has 0 N–H and O–H groups in total. The molecule has 11 heavy (non-hydrogen) atoms. The Hall–Kier alpha value is -0.210. The van der Waals surface area contributed by atoms with E-state index in [9.17, 15) is 4.79 Å². The third-order valence-corrected chi connectivity index (χ3v) is 2.49. The van der Waals surface area contributed by atoms with Crippen molar-refractivity contribution in [2.45, 2.75) is 0 Å². The highest BCUT2D eigenvalue weighted by Gasteiger charge is 2.59. The lowest BCUT2D eigenvalue weighted by Crippen LogP contribution is -2.03. The molecule has 1 saturated heterocycles. The molecule has 1 saturated carbocycles. The Morgan fingerprint density at radius 1 is 1.64 bits per heavy atom. The highest BCUT2D eigenvalue weighted by molar-refractivity contribution is 6.55. The molecule has 3 atom stereocenters. The summed E-state index contributed by atoms with van der Waals surface area (Å²) in [5, 5.41) is 0. The van der Waals surface area contributed by atoms with Crippen LogP contribution in [0.2, 0.25) is 0 Å². The van der Waals surface area contributed by atoms with E-state index in [1.807, 2.05) is 0 Å². The van der Waals surface area contributed by atoms with Crippen LogP contribution in [0.5, 0.6) is 0 Å². The molecule has 0 bridgehead atoms. The van der Waals surface area contributed by atoms with Crippen LogP contribution in [-0.4, -0.2) is 12.6 Å². The third-order valence-electron chi connectivity index (χ3n) is 2.24. The number of carbonyl (C=O) groups excluding carboxylic acids is 1. The Morgan fingerprint density at radius 3 is 2.82 bits per heavy atom. The molecule has 0 spiro atoms. The zero-order chi connectivity index (χ0) is 8.01. The summed E-state index contributed by atoms with van der Waals surface area (Å²) in [7, 11) is 0. The second kappa shape index (κ2) is 2.39. The summed E-state index contributed by atoms with van der Waals surface area (Å²) in [4.78, 5) is 10.9. The fourth-order valence-corrected chi connectivity index (χ4v) is 1.89. The fraction of sp³-hybridized carbons (Fsp3) is 0.571. The summed E-state index contributed by atoms with van der Waals surface area (Å²) in [6.45, 7) is 0.533. The van der Waals surface area contributed by atoms with Gasteiger partial charge in [0.25, 0.3) is 0 Å². The van der Waals surface area contributed by atoms with Gasteiger partial charge in [-0.05, 0) is 6.08 Å². The number of cyclic esters (lactones) is 1. The van der Waals surface area contributed by atoms with E-state index in [0.29, 0.717) is 12.5 Å². The summed E-state index contributed by atoms with van der Waals surface area (Å²) >= 11 is 10.9. The van der Waals surface area contributed by atoms with Gasteiger partial charge >= 0.3 is 5.97 Å². The predicted octanol–water partition coefficient (Wildman–Crippen LogP) is 1.72. The van der Waals surface area contributed by atoms with Gasteiger partial charge in [-0.1, -0.05) is 23.2 Å². The van der Waals surface area contributed by atoms with E-state index in [1.54, 1.807) is 6.08 Å². The van der Waals surface area contributed by atoms with E-state index in [4.69, 9.17) is 27.9 Å². The molecule has 0 radical (unpaired) electrons. The van der Waals surface area contributed by atoms with Crippen molar-refractivity contribution in [2.75, 3.05) is 6.61 Å². The first-order chi connectivity index (χ1) is 5.20. The summed E-state index contributed by atoms with van der Waals surface area (Å²) in [6, 6.07) is 0. The maximum Gasteiger partial charge on any atom is 0.309 e. The van der Waals surface area contributed by atoms with Crippen molar-refractivity contribution in [2.24, 2.45) is 17.8 Å². The Kier molecular flexibility index (Phi) is 1.62. The van der Waals surface area contributed by atoms with E-state index in [0.717, 1.165) is 0 Å². The van der Waals surface area contributed by atoms with Gasteiger partial charge in [0.15, 0.2) is 0 Å². The smallest absolute Gasteiger partial charge is 0.309 e. The lowest BCUT2D eigenvalue weighted by molar-refractivity contribution is -0.141. The molecule has 0 aromatic heterocycles. The van der Waals surface area contributed by atoms with Gasteiger partial charge in [0, 0.05) is 11.8 Å². The van der Waals surface area contributed by atoms with Crippen molar-refractivity contribution >= 4 is 29.2 Å². The first-order valence-electron chi connectivity index (χ1n) is 3.39. The van der Waals surface area contributed by atoms with Crippen molar-refractivity contribution in [3.63, 3.8) is 0 Å². The first-order valence-corrected chi connectivity index (χ1v) is 4.15. The second-order valence-electron chi connectivity index (χ2n) is 2.85. The quantitative estimate of drug-likeness (QED) is 0.592. The van der Waals surface area contributed by atoms with Crippen LogP contribution in [0.25, 0.3) is 0 Å². The van der Waals surface area contributed by atoms with Gasteiger partial charge in [-0.15, -0.1) is 0 Å². The van der Waals surface area contributed by atoms with Crippen molar-refractivity contribution in [1.82, 2.24) is 0 Å². The topological polar surface area (TPSA) is 26.3 Å². The molecular weight excluding hydrogens is 187 g/mol. The van der Waals surface area contributed by atoms with Crippen LogP contribution >= 0.6 is 23.2 Å². The lowest BCUT2D eigenvalue weighted by Gasteiger charge is -1.97. The molecular formula is C7H6Cl2O2. The van der Waals surface area contributed by atoms with Crippen LogP contribution in [0.15, 0.2) is 10.6 Å². The number of fused-ring (bicyclic) bond motifs is 1. The zero-order valence-electron chi connectivity index (χ0n) is 5.59. The van der Waals surface area contributed by atoms with Crippen LogP contribution in [0.3, 0.4) is 0 Å². The molecule has 0 aromatic rings. The molecule has 3 unspecified atom stereocenters. The summed E-state index contributed by atoms with van der Waals surface area (Å²) in [6.07, 6.45) is 1.72. The van der Waals surface area contributed by atoms with Gasteiger partial charge in [0.05, 0.1) is 12.5 Å². The van der Waals surface area contributed by atoms with Gasteiger partial charge in [0.2, 0.25) is 0 Å². The maximum absolute atomic E-state index is 10.9. The number of hydrogen-bond acceptors (Lipinski definition) is 2. The summed E-state index contributed by atoms with van der Waals surface area (Å²) in [5.74, 6) is 0.518. The molecule has 0 aromatic carbocycles. The molecule has 1 aliphatic carbocycles. The predicted molar refractivity (Wildman–Crippen MR) is 41.2 cm³/mol. The molecule has 60 valence electrons. The van der Waals surface area contributed by atoms with E-state index < -0.39 is 0 Å². The van der Waals surface area contributed by atoms with Gasteiger partial charge < -0.3 is 4.74 Å². The van der Waals surface area contributed by atoms with Crippen LogP contribution in [0.1, 0.15) is 0 Å². The third kappa shape index (κ3) is 1.14. The number of esters is 1. The zero-order valence-corrected chi connectivity index (χ0v) is 7.10. The van der Waals surface area contributed by atoms with E-state index >= 15 is 0 Å². The van der Waals surface area contributed by atoms with Gasteiger partial charge in [-0.3, -0.25) is 4.79 Å². The van der Waals surface area contributed by atoms with Crippen LogP contribution in [-0.2, 0) is 9.53 Å². The minimum atomic E-state index is -0.106. The molecule has 2 fully saturated rings. The minimum Gasteiger partial charge on any atom is -0.465 e. The van der Waals surface area contributed by atoms with E-state index in [2.05, 4.69) is 0 Å². The summed E-state index contributed by atoms with van der Waals surface area (Å²) in [5.41, 5.74) is 0. The van der Waals surface area contributed by atoms with E-state index in [1.165, 1.54) is 0 Å². The van der Waals surface area contributed by atoms with Crippen molar-refractivity contribution in [3.05, 3.63) is 10.6 Å². The number of ether oxygens (including phenoxy) is 1. The summed E-state index contributed by atoms with van der Waals surface area (Å²) < 4.78 is 5.02. The molecule has 0 amide bonds. The Morgan fingerprint density at radius 2 is 2.36 bits per heavy atom. The monoisotopic (exact) mass is 192 g/mol. The molecule has 2 nitrogen and oxygen atoms in total. The molecule has 1 aliphatic heterocycles. The SMILES string of the molecule is O=C1OCC2C(C=C(Cl)Cl)C12. The number of allylic oxidation sites excluding steroid dienone is 1. The van der Waals surface area contributed by atoms with Crippen molar-refractivity contribution in [1.29, 1.82) is 0 Å². The normalized spacial score (nSPS) is 39.5. The largest absolute Gasteiger partial charge is 0.465 e. The molecule has 2 rings (SSSR count). The minimum absolute atomic E-state index is 0.0440. The average Bonchev–Trinajstić information content (AvgIpc) is 2.41. The molecule has 1 heterocycles. The molecule has 2 aliphatic rings. The van der Waals surface area contributed by atoms with Crippen LogP contribution in [0, 0.1) is 17.8 Å². The first kappa shape index (κ1) is 7.44. The van der Waals surface area contributed by atoms with E-state index in [-0.39, 0.29) is 22.3 Å². The van der Waals surface area contributed by atoms with Gasteiger partial charge in [-0.25, -0.2) is 0 Å². The number of rotatable bonds is 1. The highest BCUT2D eigenvalue weighted by atomic mass is 35.5. The van der Waals surface area contributed by atoms with Crippen LogP contribution < -0.4 is 0 Å². The van der Waals surface area contributed by atoms with Crippen molar-refractivity contribution < 1.29 is 9.53 Å². The standard InChI is InChI=1S/C7H6Cl2O2/c8-5(9)1-3-4-2-11-7(10)6(3)4/h1,3-4,6H,2H2. The Bertz CT molecular complexity index is 233. The van der Waals surface area contributed by atoms with Gasteiger partial charge in [-0.2, -0.15) is 0 Å². The number of hydrogen-bond donors (Lipinski definition) is 0. The number of carbonyl (C=O) groups is 1. The number of halogens is 2. The highest BCUT2D eigenvalue weighted by Crippen LogP contribution is 2.53. The Balaban J connectivity index is 2.05. The molecule has 4 heteroatoms. The van der Waals surface area contributed by atoms with Crippen molar-refractivity contribution in [3.8, 4) is 0 Å². The van der Waals surface area contributed by atoms with Gasteiger partial charge in [0.1, 0.15) is 4.49 Å². The maximum atomic E-state index is 10.9. The van der Waals surface area contributed by atoms with Crippen LogP contribution in [0.4, 0.5) is 0 Å². The average molecular weight is 193 g/mol. The Labute approximate surface area is 74.1 Å².